The molecule has 1 atom stereocenters. The minimum Gasteiger partial charge on any atom is -0.369 e. The number of benzene rings is 2. The van der Waals surface area contributed by atoms with Crippen LogP contribution in [0.15, 0.2) is 41.3 Å². The van der Waals surface area contributed by atoms with Gasteiger partial charge in [0, 0.05) is 29.9 Å². The number of anilines is 1. The van der Waals surface area contributed by atoms with E-state index >= 15 is 0 Å². The highest BCUT2D eigenvalue weighted by molar-refractivity contribution is 7.89. The summed E-state index contributed by atoms with van der Waals surface area (Å²) in [6.45, 7) is -0.139. The van der Waals surface area contributed by atoms with E-state index < -0.39 is 28.7 Å². The normalized spacial score (nSPS) is 17.0. The lowest BCUT2D eigenvalue weighted by molar-refractivity contribution is 0.208. The predicted molar refractivity (Wildman–Crippen MR) is 108 cm³/mol. The molecule has 0 radical (unpaired) electrons. The van der Waals surface area contributed by atoms with Gasteiger partial charge in [-0.25, -0.2) is 17.2 Å². The minimum absolute atomic E-state index is 0.0509. The lowest BCUT2D eigenvalue weighted by atomic mass is 10.1. The number of hydrogen-bond acceptors (Lipinski definition) is 4. The number of aliphatic hydroxyl groups is 1. The van der Waals surface area contributed by atoms with Crippen molar-refractivity contribution in [2.45, 2.75) is 43.5 Å². The van der Waals surface area contributed by atoms with Crippen LogP contribution in [0.2, 0.25) is 5.02 Å². The molecule has 9 heteroatoms. The molecule has 1 aliphatic heterocycles. The quantitative estimate of drug-likeness (QED) is 0.638. The summed E-state index contributed by atoms with van der Waals surface area (Å²) in [5.74, 6) is -0.593. The van der Waals surface area contributed by atoms with Gasteiger partial charge in [0.2, 0.25) is 10.0 Å². The third kappa shape index (κ3) is 5.06. The second kappa shape index (κ2) is 9.38. The van der Waals surface area contributed by atoms with Crippen LogP contribution in [0, 0.1) is 5.82 Å². The van der Waals surface area contributed by atoms with Gasteiger partial charge in [-0.05, 0) is 37.1 Å². The third-order valence-electron chi connectivity index (χ3n) is 4.96. The van der Waals surface area contributed by atoms with Crippen LogP contribution in [0.4, 0.5) is 14.5 Å². The largest absolute Gasteiger partial charge is 0.369 e. The van der Waals surface area contributed by atoms with E-state index in [0.717, 1.165) is 31.7 Å². The summed E-state index contributed by atoms with van der Waals surface area (Å²) >= 11 is 5.74. The van der Waals surface area contributed by atoms with Crippen molar-refractivity contribution in [1.29, 1.82) is 0 Å². The Labute approximate surface area is 174 Å². The van der Waals surface area contributed by atoms with Crippen LogP contribution in [0.25, 0.3) is 0 Å². The Morgan fingerprint density at radius 1 is 1.10 bits per heavy atom. The molecule has 1 fully saturated rings. The second-order valence-corrected chi connectivity index (χ2v) is 9.31. The van der Waals surface area contributed by atoms with Crippen molar-refractivity contribution in [3.63, 3.8) is 0 Å². The van der Waals surface area contributed by atoms with Crippen LogP contribution >= 0.6 is 11.6 Å². The summed E-state index contributed by atoms with van der Waals surface area (Å²) < 4.78 is 54.5. The Morgan fingerprint density at radius 2 is 1.79 bits per heavy atom. The lowest BCUT2D eigenvalue weighted by Crippen LogP contribution is -2.32. The first-order chi connectivity index (χ1) is 13.8. The fraction of sp³-hybridized carbons (Fsp3) is 0.400. The molecule has 3 rings (SSSR count). The molecule has 0 spiro atoms. The summed E-state index contributed by atoms with van der Waals surface area (Å²) in [5, 5.41) is 13.1. The smallest absolute Gasteiger partial charge is 0.243 e. The number of alkyl halides is 1. The zero-order valence-electron chi connectivity index (χ0n) is 15.7. The Balaban J connectivity index is 1.90. The zero-order chi connectivity index (χ0) is 21.0. The van der Waals surface area contributed by atoms with Gasteiger partial charge >= 0.3 is 0 Å². The molecule has 29 heavy (non-hydrogen) atoms. The summed E-state index contributed by atoms with van der Waals surface area (Å²) in [5.41, 5.74) is 0.654. The summed E-state index contributed by atoms with van der Waals surface area (Å²) in [7, 11) is -3.89. The van der Waals surface area contributed by atoms with Crippen molar-refractivity contribution in [1.82, 2.24) is 4.31 Å². The van der Waals surface area contributed by atoms with Crippen LogP contribution in [-0.2, 0) is 16.7 Å². The Bertz CT molecular complexity index is 964. The molecule has 2 aromatic carbocycles. The number of nitrogens with one attached hydrogen (secondary N) is 1. The highest BCUT2D eigenvalue weighted by Gasteiger charge is 2.28. The fourth-order valence-corrected chi connectivity index (χ4v) is 5.28. The molecule has 0 aliphatic carbocycles. The van der Waals surface area contributed by atoms with E-state index in [1.165, 1.54) is 34.6 Å². The van der Waals surface area contributed by atoms with Gasteiger partial charge in [-0.1, -0.05) is 36.6 Å². The Morgan fingerprint density at radius 3 is 2.41 bits per heavy atom. The van der Waals surface area contributed by atoms with Crippen molar-refractivity contribution >= 4 is 27.3 Å². The standard InChI is InChI=1S/C20H23ClF2N2O3S/c21-17-12-16(7-8-18(17)23)24-20(26)14-5-6-15(13-22)19(11-14)29(27,28)25-9-3-1-2-4-10-25/h5-8,11-12,20,24,26H,1-4,9-10,13H2. The molecule has 0 amide bonds. The molecule has 0 bridgehead atoms. The molecule has 1 heterocycles. The van der Waals surface area contributed by atoms with Gasteiger partial charge < -0.3 is 10.4 Å². The molecule has 1 unspecified atom stereocenters. The first-order valence-corrected chi connectivity index (χ1v) is 11.2. The van der Waals surface area contributed by atoms with Crippen molar-refractivity contribution in [2.24, 2.45) is 0 Å². The van der Waals surface area contributed by atoms with Gasteiger partial charge in [-0.2, -0.15) is 4.31 Å². The van der Waals surface area contributed by atoms with Gasteiger partial charge in [0.25, 0.3) is 0 Å². The maximum Gasteiger partial charge on any atom is 0.243 e. The first kappa shape index (κ1) is 22.0. The molecular formula is C20H23ClF2N2O3S. The van der Waals surface area contributed by atoms with Crippen LogP contribution in [-0.4, -0.2) is 30.9 Å². The van der Waals surface area contributed by atoms with Gasteiger partial charge in [0.1, 0.15) is 12.5 Å². The lowest BCUT2D eigenvalue weighted by Gasteiger charge is -2.23. The average molecular weight is 445 g/mol. The van der Waals surface area contributed by atoms with Gasteiger partial charge in [0.05, 0.1) is 9.92 Å². The van der Waals surface area contributed by atoms with E-state index in [1.807, 2.05) is 0 Å². The van der Waals surface area contributed by atoms with Crippen molar-refractivity contribution in [3.8, 4) is 0 Å². The first-order valence-electron chi connectivity index (χ1n) is 9.41. The molecule has 1 aliphatic rings. The Kier molecular flexibility index (Phi) is 7.10. The molecule has 0 saturated carbocycles. The van der Waals surface area contributed by atoms with Crippen molar-refractivity contribution in [2.75, 3.05) is 18.4 Å². The number of aliphatic hydroxyl groups excluding tert-OH is 1. The molecule has 1 saturated heterocycles. The highest BCUT2D eigenvalue weighted by atomic mass is 35.5. The number of sulfonamides is 1. The molecular weight excluding hydrogens is 422 g/mol. The molecule has 5 nitrogen and oxygen atoms in total. The zero-order valence-corrected chi connectivity index (χ0v) is 17.3. The number of nitrogens with zero attached hydrogens (tertiary/aromatic N) is 1. The molecule has 0 aromatic heterocycles. The second-order valence-electron chi connectivity index (χ2n) is 6.99. The highest BCUT2D eigenvalue weighted by Crippen LogP contribution is 2.28. The van der Waals surface area contributed by atoms with E-state index in [2.05, 4.69) is 5.32 Å². The number of halogens is 3. The molecule has 2 aromatic rings. The fourth-order valence-electron chi connectivity index (χ4n) is 3.34. The SMILES string of the molecule is O=S(=O)(c1cc(C(O)Nc2ccc(F)c(Cl)c2)ccc1CF)N1CCCCCC1. The van der Waals surface area contributed by atoms with Crippen LogP contribution in [0.1, 0.15) is 43.0 Å². The topological polar surface area (TPSA) is 69.6 Å². The van der Waals surface area contributed by atoms with Crippen molar-refractivity contribution in [3.05, 3.63) is 58.4 Å². The Hall–Kier alpha value is -1.74. The van der Waals surface area contributed by atoms with E-state index in [9.17, 15) is 22.3 Å². The maximum atomic E-state index is 13.5. The number of rotatable bonds is 6. The number of hydrogen-bond donors (Lipinski definition) is 2. The van der Waals surface area contributed by atoms with E-state index in [-0.39, 0.29) is 21.0 Å². The van der Waals surface area contributed by atoms with Crippen LogP contribution in [0.3, 0.4) is 0 Å². The van der Waals surface area contributed by atoms with Gasteiger partial charge in [-0.3, -0.25) is 0 Å². The maximum absolute atomic E-state index is 13.5. The van der Waals surface area contributed by atoms with Crippen LogP contribution in [0.5, 0.6) is 0 Å². The summed E-state index contributed by atoms with van der Waals surface area (Å²) in [6.07, 6.45) is 2.16. The van der Waals surface area contributed by atoms with E-state index in [0.29, 0.717) is 18.8 Å². The van der Waals surface area contributed by atoms with Crippen LogP contribution < -0.4 is 5.32 Å². The average Bonchev–Trinajstić information content (AvgIpc) is 3.00. The van der Waals surface area contributed by atoms with Gasteiger partial charge in [-0.15, -0.1) is 0 Å². The molecule has 2 N–H and O–H groups in total. The summed E-state index contributed by atoms with van der Waals surface area (Å²) in [4.78, 5) is -0.141. The minimum atomic E-state index is -3.89. The third-order valence-corrected chi connectivity index (χ3v) is 7.23. The van der Waals surface area contributed by atoms with E-state index in [4.69, 9.17) is 11.6 Å². The van der Waals surface area contributed by atoms with Crippen molar-refractivity contribution < 1.29 is 22.3 Å². The summed E-state index contributed by atoms with van der Waals surface area (Å²) in [6, 6.07) is 7.97. The predicted octanol–water partition coefficient (Wildman–Crippen LogP) is 4.62. The van der Waals surface area contributed by atoms with E-state index in [1.54, 1.807) is 0 Å². The molecule has 158 valence electrons. The monoisotopic (exact) mass is 444 g/mol. The van der Waals surface area contributed by atoms with Gasteiger partial charge in [0.15, 0.2) is 6.23 Å².